The molecule has 3 aromatic rings. The number of Topliss-reactive ketones (excluding diaryl/α,β-unsaturated/α-hetero) is 1. The Morgan fingerprint density at radius 3 is 2.30 bits per heavy atom. The molecule has 0 heterocycles. The minimum Gasteiger partial charge on any atom is -0.454 e. The Morgan fingerprint density at radius 2 is 1.63 bits per heavy atom. The van der Waals surface area contributed by atoms with Crippen LogP contribution in [0.25, 0.3) is 0 Å². The minimum absolute atomic E-state index is 0.0177. The second kappa shape index (κ2) is 9.67. The fraction of sp³-hybridized carbons (Fsp3) is 0.0909. The number of anilines is 1. The first-order valence-corrected chi connectivity index (χ1v) is 9.34. The van der Waals surface area contributed by atoms with Gasteiger partial charge in [-0.15, -0.1) is 0 Å². The molecule has 0 unspecified atom stereocenters. The van der Waals surface area contributed by atoms with Crippen molar-refractivity contribution in [2.45, 2.75) is 6.54 Å². The molecule has 3 rings (SSSR count). The molecule has 30 heavy (non-hydrogen) atoms. The summed E-state index contributed by atoms with van der Waals surface area (Å²) in [6.45, 7) is -0.0939. The van der Waals surface area contributed by atoms with Crippen molar-refractivity contribution >= 4 is 34.7 Å². The average molecular weight is 425 g/mol. The van der Waals surface area contributed by atoms with E-state index in [0.29, 0.717) is 17.1 Å². The number of hydrogen-bond acceptors (Lipinski definition) is 6. The lowest BCUT2D eigenvalue weighted by molar-refractivity contribution is -0.384. The predicted octanol–water partition coefficient (Wildman–Crippen LogP) is 4.90. The van der Waals surface area contributed by atoms with Crippen LogP contribution in [0.4, 0.5) is 11.4 Å². The summed E-state index contributed by atoms with van der Waals surface area (Å²) in [5.41, 5.74) is 1.30. The summed E-state index contributed by atoms with van der Waals surface area (Å²) in [5.74, 6) is -1.23. The molecule has 8 heteroatoms. The molecular weight excluding hydrogens is 408 g/mol. The molecule has 0 aliphatic rings. The van der Waals surface area contributed by atoms with Crippen LogP contribution in [0, 0.1) is 10.1 Å². The molecule has 1 N–H and O–H groups in total. The summed E-state index contributed by atoms with van der Waals surface area (Å²) in [5, 5.41) is 14.9. The molecule has 0 bridgehead atoms. The normalized spacial score (nSPS) is 10.3. The van der Waals surface area contributed by atoms with E-state index in [1.165, 1.54) is 24.3 Å². The maximum atomic E-state index is 12.3. The third-order valence-electron chi connectivity index (χ3n) is 4.26. The van der Waals surface area contributed by atoms with E-state index in [2.05, 4.69) is 5.32 Å². The van der Waals surface area contributed by atoms with Gasteiger partial charge in [-0.25, -0.2) is 4.79 Å². The van der Waals surface area contributed by atoms with Crippen LogP contribution >= 0.6 is 11.6 Å². The number of nitro groups is 1. The Hall–Kier alpha value is -3.71. The van der Waals surface area contributed by atoms with Gasteiger partial charge in [0.05, 0.1) is 10.5 Å². The monoisotopic (exact) mass is 424 g/mol. The molecule has 0 spiro atoms. The smallest absolute Gasteiger partial charge is 0.338 e. The van der Waals surface area contributed by atoms with Crippen molar-refractivity contribution in [3.05, 3.63) is 105 Å². The zero-order chi connectivity index (χ0) is 21.5. The number of rotatable bonds is 8. The molecule has 152 valence electrons. The highest BCUT2D eigenvalue weighted by Gasteiger charge is 2.19. The van der Waals surface area contributed by atoms with Gasteiger partial charge in [0.25, 0.3) is 5.69 Å². The van der Waals surface area contributed by atoms with E-state index in [4.69, 9.17) is 16.3 Å². The Balaban J connectivity index is 1.67. The van der Waals surface area contributed by atoms with Crippen LogP contribution in [0.2, 0.25) is 5.02 Å². The van der Waals surface area contributed by atoms with Gasteiger partial charge in [0.15, 0.2) is 12.4 Å². The van der Waals surface area contributed by atoms with E-state index >= 15 is 0 Å². The number of nitrogens with one attached hydrogen (secondary N) is 1. The van der Waals surface area contributed by atoms with Crippen molar-refractivity contribution in [1.82, 2.24) is 0 Å². The van der Waals surface area contributed by atoms with Crippen molar-refractivity contribution in [2.24, 2.45) is 0 Å². The molecule has 7 nitrogen and oxygen atoms in total. The number of benzene rings is 3. The maximum Gasteiger partial charge on any atom is 0.338 e. The number of nitrogens with zero attached hydrogens (tertiary/aromatic N) is 1. The number of halogens is 1. The predicted molar refractivity (Wildman–Crippen MR) is 113 cm³/mol. The second-order valence-electron chi connectivity index (χ2n) is 6.33. The van der Waals surface area contributed by atoms with Crippen molar-refractivity contribution in [1.29, 1.82) is 0 Å². The van der Waals surface area contributed by atoms with E-state index in [9.17, 15) is 19.7 Å². The summed E-state index contributed by atoms with van der Waals surface area (Å²) < 4.78 is 5.01. The Morgan fingerprint density at radius 1 is 0.967 bits per heavy atom. The number of nitro benzene ring substituents is 1. The molecule has 0 radical (unpaired) electrons. The SMILES string of the molecule is O=C(COC(=O)c1ccc(NCc2ccccc2)c([N+](=O)[O-])c1)c1ccc(Cl)cc1. The van der Waals surface area contributed by atoms with Crippen molar-refractivity contribution in [2.75, 3.05) is 11.9 Å². The number of hydrogen-bond donors (Lipinski definition) is 1. The lowest BCUT2D eigenvalue weighted by atomic mass is 10.1. The third-order valence-corrected chi connectivity index (χ3v) is 4.51. The highest BCUT2D eigenvalue weighted by Crippen LogP contribution is 2.26. The van der Waals surface area contributed by atoms with Crippen molar-refractivity contribution < 1.29 is 19.2 Å². The Labute approximate surface area is 177 Å². The van der Waals surface area contributed by atoms with Gasteiger partial charge in [-0.3, -0.25) is 14.9 Å². The zero-order valence-corrected chi connectivity index (χ0v) is 16.5. The molecule has 0 amide bonds. The number of carbonyl (C=O) groups excluding carboxylic acids is 2. The Bertz CT molecular complexity index is 1070. The highest BCUT2D eigenvalue weighted by molar-refractivity contribution is 6.30. The van der Waals surface area contributed by atoms with Gasteiger partial charge in [0.2, 0.25) is 0 Å². The van der Waals surface area contributed by atoms with Crippen LogP contribution < -0.4 is 5.32 Å². The topological polar surface area (TPSA) is 98.5 Å². The van der Waals surface area contributed by atoms with Gasteiger partial charge in [0, 0.05) is 23.2 Å². The summed E-state index contributed by atoms with van der Waals surface area (Å²) in [6, 6.07) is 19.5. The van der Waals surface area contributed by atoms with E-state index in [0.717, 1.165) is 11.6 Å². The molecule has 0 saturated carbocycles. The summed E-state index contributed by atoms with van der Waals surface area (Å²) in [4.78, 5) is 35.2. The van der Waals surface area contributed by atoms with Gasteiger partial charge in [0.1, 0.15) is 5.69 Å². The molecule has 0 fully saturated rings. The van der Waals surface area contributed by atoms with Crippen LogP contribution in [0.1, 0.15) is 26.3 Å². The largest absolute Gasteiger partial charge is 0.454 e. The van der Waals surface area contributed by atoms with Crippen LogP contribution in [0.3, 0.4) is 0 Å². The molecule has 0 saturated heterocycles. The van der Waals surface area contributed by atoms with Gasteiger partial charge in [-0.2, -0.15) is 0 Å². The first-order valence-electron chi connectivity index (χ1n) is 8.96. The van der Waals surface area contributed by atoms with E-state index < -0.39 is 23.3 Å². The van der Waals surface area contributed by atoms with Crippen LogP contribution in [-0.2, 0) is 11.3 Å². The highest BCUT2D eigenvalue weighted by atomic mass is 35.5. The fourth-order valence-electron chi connectivity index (χ4n) is 2.69. The van der Waals surface area contributed by atoms with Gasteiger partial charge in [-0.1, -0.05) is 41.9 Å². The lowest BCUT2D eigenvalue weighted by Crippen LogP contribution is -2.14. The number of ether oxygens (including phenoxy) is 1. The maximum absolute atomic E-state index is 12.3. The van der Waals surface area contributed by atoms with Crippen molar-refractivity contribution in [3.63, 3.8) is 0 Å². The van der Waals surface area contributed by atoms with Gasteiger partial charge >= 0.3 is 5.97 Å². The summed E-state index contributed by atoms with van der Waals surface area (Å²) in [6.07, 6.45) is 0. The summed E-state index contributed by atoms with van der Waals surface area (Å²) in [7, 11) is 0. The Kier molecular flexibility index (Phi) is 6.77. The van der Waals surface area contributed by atoms with Crippen LogP contribution in [0.15, 0.2) is 72.8 Å². The van der Waals surface area contributed by atoms with Crippen molar-refractivity contribution in [3.8, 4) is 0 Å². The van der Waals surface area contributed by atoms with E-state index in [1.807, 2.05) is 30.3 Å². The number of ketones is 1. The fourth-order valence-corrected chi connectivity index (χ4v) is 2.81. The third kappa shape index (κ3) is 5.42. The minimum atomic E-state index is -0.824. The first kappa shape index (κ1) is 21.0. The lowest BCUT2D eigenvalue weighted by Gasteiger charge is -2.09. The second-order valence-corrected chi connectivity index (χ2v) is 6.77. The van der Waals surface area contributed by atoms with E-state index in [1.54, 1.807) is 12.1 Å². The van der Waals surface area contributed by atoms with Gasteiger partial charge < -0.3 is 10.1 Å². The van der Waals surface area contributed by atoms with E-state index in [-0.39, 0.29) is 16.9 Å². The zero-order valence-electron chi connectivity index (χ0n) is 15.7. The number of carbonyl (C=O) groups is 2. The molecule has 0 atom stereocenters. The van der Waals surface area contributed by atoms with Crippen LogP contribution in [0.5, 0.6) is 0 Å². The standard InChI is InChI=1S/C22H17ClN2O5/c23-18-9-6-16(7-10-18)21(26)14-30-22(27)17-8-11-19(20(12-17)25(28)29)24-13-15-4-2-1-3-5-15/h1-12,24H,13-14H2. The molecule has 0 aromatic heterocycles. The van der Waals surface area contributed by atoms with Crippen LogP contribution in [-0.4, -0.2) is 23.3 Å². The molecule has 3 aromatic carbocycles. The molecule has 0 aliphatic carbocycles. The summed E-state index contributed by atoms with van der Waals surface area (Å²) >= 11 is 5.78. The quantitative estimate of drug-likeness (QED) is 0.239. The molecular formula is C22H17ClN2O5. The average Bonchev–Trinajstić information content (AvgIpc) is 2.76. The van der Waals surface area contributed by atoms with Gasteiger partial charge in [-0.05, 0) is 42.0 Å². The first-order chi connectivity index (χ1) is 14.4. The number of esters is 1. The molecule has 0 aliphatic heterocycles.